The van der Waals surface area contributed by atoms with Gasteiger partial charge in [0.1, 0.15) is 5.75 Å². The Morgan fingerprint density at radius 1 is 1.10 bits per heavy atom. The van der Waals surface area contributed by atoms with Crippen molar-refractivity contribution < 1.29 is 9.47 Å². The van der Waals surface area contributed by atoms with Crippen molar-refractivity contribution in [1.82, 2.24) is 28.3 Å². The SMILES string of the molecule is COCCn1c2c(=O)n(C)c(=O)n(C)c2n2c(-c3cc(Br)ccc3OC)nnc12. The summed E-state index contributed by atoms with van der Waals surface area (Å²) in [6.07, 6.45) is 0. The molecule has 0 saturated heterocycles. The number of aryl methyl sites for hydroxylation is 1. The number of halogens is 1. The first kappa shape index (κ1) is 19.4. The van der Waals surface area contributed by atoms with E-state index in [-0.39, 0.29) is 0 Å². The van der Waals surface area contributed by atoms with Crippen LogP contribution in [0.2, 0.25) is 0 Å². The molecule has 29 heavy (non-hydrogen) atoms. The van der Waals surface area contributed by atoms with Gasteiger partial charge in [0, 0.05) is 32.2 Å². The van der Waals surface area contributed by atoms with E-state index in [9.17, 15) is 9.59 Å². The maximum Gasteiger partial charge on any atom is 0.332 e. The lowest BCUT2D eigenvalue weighted by Crippen LogP contribution is -2.38. The number of fused-ring (bicyclic) bond motifs is 3. The molecule has 0 unspecified atom stereocenters. The Hall–Kier alpha value is -2.92. The molecule has 152 valence electrons. The molecule has 0 saturated carbocycles. The summed E-state index contributed by atoms with van der Waals surface area (Å²) in [5, 5.41) is 8.66. The van der Waals surface area contributed by atoms with Crippen LogP contribution in [-0.2, 0) is 25.4 Å². The molecular weight excluding hydrogens is 444 g/mol. The van der Waals surface area contributed by atoms with Crippen molar-refractivity contribution in [3.05, 3.63) is 43.5 Å². The Kier molecular flexibility index (Phi) is 4.79. The summed E-state index contributed by atoms with van der Waals surface area (Å²) in [7, 11) is 6.22. The monoisotopic (exact) mass is 462 g/mol. The number of imidazole rings is 1. The molecule has 0 aliphatic heterocycles. The summed E-state index contributed by atoms with van der Waals surface area (Å²) in [6.45, 7) is 0.749. The zero-order chi connectivity index (χ0) is 20.9. The quantitative estimate of drug-likeness (QED) is 0.441. The third kappa shape index (κ3) is 2.80. The van der Waals surface area contributed by atoms with E-state index in [1.54, 1.807) is 30.2 Å². The molecule has 0 bridgehead atoms. The summed E-state index contributed by atoms with van der Waals surface area (Å²) < 4.78 is 17.5. The fourth-order valence-electron chi connectivity index (χ4n) is 3.48. The van der Waals surface area contributed by atoms with Gasteiger partial charge in [-0.3, -0.25) is 13.9 Å². The molecule has 4 rings (SSSR count). The van der Waals surface area contributed by atoms with Crippen LogP contribution in [0.5, 0.6) is 5.75 Å². The van der Waals surface area contributed by atoms with Gasteiger partial charge < -0.3 is 14.0 Å². The number of aromatic nitrogens is 6. The fraction of sp³-hybridized carbons (Fsp3) is 0.333. The average molecular weight is 463 g/mol. The minimum Gasteiger partial charge on any atom is -0.496 e. The molecule has 0 spiro atoms. The Morgan fingerprint density at radius 2 is 1.86 bits per heavy atom. The van der Waals surface area contributed by atoms with Gasteiger partial charge in [-0.2, -0.15) is 0 Å². The lowest BCUT2D eigenvalue weighted by Gasteiger charge is -2.09. The minimum absolute atomic E-state index is 0.353. The second kappa shape index (κ2) is 7.16. The van der Waals surface area contributed by atoms with Crippen LogP contribution in [0.25, 0.3) is 28.3 Å². The highest BCUT2D eigenvalue weighted by Gasteiger charge is 2.25. The van der Waals surface area contributed by atoms with Crippen molar-refractivity contribution in [2.75, 3.05) is 20.8 Å². The van der Waals surface area contributed by atoms with E-state index in [4.69, 9.17) is 9.47 Å². The smallest absolute Gasteiger partial charge is 0.332 e. The lowest BCUT2D eigenvalue weighted by atomic mass is 10.2. The van der Waals surface area contributed by atoms with Gasteiger partial charge in [-0.05, 0) is 18.2 Å². The normalized spacial score (nSPS) is 11.6. The van der Waals surface area contributed by atoms with Gasteiger partial charge in [-0.1, -0.05) is 15.9 Å². The molecule has 0 aliphatic carbocycles. The average Bonchev–Trinajstić information content (AvgIpc) is 3.27. The van der Waals surface area contributed by atoms with E-state index in [2.05, 4.69) is 26.1 Å². The van der Waals surface area contributed by atoms with Gasteiger partial charge in [0.25, 0.3) is 5.56 Å². The standard InChI is InChI=1S/C18H19BrN6O4/c1-22-15-13(16(26)23(2)18(22)27)24(7-8-28-3)17-21-20-14(25(15)17)11-9-10(19)5-6-12(11)29-4/h5-6,9H,7-8H2,1-4H3. The Bertz CT molecular complexity index is 1360. The fourth-order valence-corrected chi connectivity index (χ4v) is 3.84. The largest absolute Gasteiger partial charge is 0.496 e. The van der Waals surface area contributed by atoms with Gasteiger partial charge in [0.2, 0.25) is 5.78 Å². The van der Waals surface area contributed by atoms with Crippen LogP contribution in [0.4, 0.5) is 0 Å². The van der Waals surface area contributed by atoms with Gasteiger partial charge >= 0.3 is 5.69 Å². The Labute approximate surface area is 173 Å². The van der Waals surface area contributed by atoms with Crippen molar-refractivity contribution in [3.8, 4) is 17.1 Å². The summed E-state index contributed by atoms with van der Waals surface area (Å²) in [4.78, 5) is 25.6. The molecular formula is C18H19BrN6O4. The summed E-state index contributed by atoms with van der Waals surface area (Å²) in [5.41, 5.74) is 0.595. The van der Waals surface area contributed by atoms with Gasteiger partial charge in [0.05, 0.1) is 19.3 Å². The second-order valence-electron chi connectivity index (χ2n) is 6.53. The van der Waals surface area contributed by atoms with Crippen LogP contribution >= 0.6 is 15.9 Å². The predicted molar refractivity (Wildman–Crippen MR) is 111 cm³/mol. The third-order valence-corrected chi connectivity index (χ3v) is 5.39. The zero-order valence-electron chi connectivity index (χ0n) is 16.3. The van der Waals surface area contributed by atoms with Gasteiger partial charge in [-0.25, -0.2) is 9.20 Å². The molecule has 10 nitrogen and oxygen atoms in total. The van der Waals surface area contributed by atoms with Gasteiger partial charge in [-0.15, -0.1) is 10.2 Å². The van der Waals surface area contributed by atoms with E-state index >= 15 is 0 Å². The summed E-state index contributed by atoms with van der Waals surface area (Å²) >= 11 is 3.47. The number of benzene rings is 1. The number of ether oxygens (including phenoxy) is 2. The van der Waals surface area contributed by atoms with Crippen LogP contribution in [0.15, 0.2) is 32.3 Å². The Morgan fingerprint density at radius 3 is 2.55 bits per heavy atom. The molecule has 11 heteroatoms. The molecule has 4 aromatic rings. The number of hydrogen-bond donors (Lipinski definition) is 0. The van der Waals surface area contributed by atoms with E-state index in [1.807, 2.05) is 18.2 Å². The first-order chi connectivity index (χ1) is 13.9. The highest BCUT2D eigenvalue weighted by atomic mass is 79.9. The molecule has 0 atom stereocenters. The molecule has 0 N–H and O–H groups in total. The number of nitrogens with zero attached hydrogens (tertiary/aromatic N) is 6. The molecule has 3 aromatic heterocycles. The van der Waals surface area contributed by atoms with E-state index < -0.39 is 11.2 Å². The van der Waals surface area contributed by atoms with Crippen molar-refractivity contribution in [2.45, 2.75) is 6.54 Å². The summed E-state index contributed by atoms with van der Waals surface area (Å²) in [5.74, 6) is 1.49. The van der Waals surface area contributed by atoms with Crippen LogP contribution < -0.4 is 16.0 Å². The molecule has 0 aliphatic rings. The third-order valence-electron chi connectivity index (χ3n) is 4.90. The molecule has 0 amide bonds. The molecule has 3 heterocycles. The maximum absolute atomic E-state index is 13.0. The van der Waals surface area contributed by atoms with Crippen LogP contribution in [-0.4, -0.2) is 49.1 Å². The van der Waals surface area contributed by atoms with Gasteiger partial charge in [0.15, 0.2) is 17.0 Å². The predicted octanol–water partition coefficient (Wildman–Crippen LogP) is 1.17. The van der Waals surface area contributed by atoms with Crippen molar-refractivity contribution >= 4 is 32.9 Å². The second-order valence-corrected chi connectivity index (χ2v) is 7.44. The number of rotatable bonds is 5. The minimum atomic E-state index is -0.436. The zero-order valence-corrected chi connectivity index (χ0v) is 17.9. The molecule has 0 fully saturated rings. The highest BCUT2D eigenvalue weighted by Crippen LogP contribution is 2.33. The van der Waals surface area contributed by atoms with E-state index in [1.165, 1.54) is 11.6 Å². The topological polar surface area (TPSA) is 97.6 Å². The molecule has 1 aromatic carbocycles. The van der Waals surface area contributed by atoms with Crippen molar-refractivity contribution in [2.24, 2.45) is 14.1 Å². The Balaban J connectivity index is 2.21. The van der Waals surface area contributed by atoms with Crippen LogP contribution in [0.1, 0.15) is 0 Å². The number of methoxy groups -OCH3 is 2. The van der Waals surface area contributed by atoms with Crippen molar-refractivity contribution in [1.29, 1.82) is 0 Å². The van der Waals surface area contributed by atoms with E-state index in [0.717, 1.165) is 9.04 Å². The van der Waals surface area contributed by atoms with Crippen molar-refractivity contribution in [3.63, 3.8) is 0 Å². The number of hydrogen-bond acceptors (Lipinski definition) is 6. The first-order valence-corrected chi connectivity index (χ1v) is 9.56. The maximum atomic E-state index is 13.0. The lowest BCUT2D eigenvalue weighted by molar-refractivity contribution is 0.189. The van der Waals surface area contributed by atoms with E-state index in [0.29, 0.717) is 47.2 Å². The van der Waals surface area contributed by atoms with Crippen LogP contribution in [0.3, 0.4) is 0 Å². The highest BCUT2D eigenvalue weighted by molar-refractivity contribution is 9.10. The summed E-state index contributed by atoms with van der Waals surface area (Å²) in [6, 6.07) is 5.52. The molecule has 0 radical (unpaired) electrons. The first-order valence-electron chi connectivity index (χ1n) is 8.76. The van der Waals surface area contributed by atoms with Crippen LogP contribution in [0, 0.1) is 0 Å².